The van der Waals surface area contributed by atoms with Crippen LogP contribution in [0.25, 0.3) is 0 Å². The molecule has 58 heavy (non-hydrogen) atoms. The number of alkyl carbamates (subject to hydrolysis) is 1. The predicted molar refractivity (Wildman–Crippen MR) is 220 cm³/mol. The van der Waals surface area contributed by atoms with E-state index in [9.17, 15) is 28.8 Å². The van der Waals surface area contributed by atoms with Gasteiger partial charge in [-0.05, 0) is 63.1 Å². The van der Waals surface area contributed by atoms with E-state index in [1.54, 1.807) is 52.0 Å². The van der Waals surface area contributed by atoms with Gasteiger partial charge in [0, 0.05) is 30.5 Å². The third-order valence-corrected chi connectivity index (χ3v) is 9.00. The van der Waals surface area contributed by atoms with Gasteiger partial charge in [0.15, 0.2) is 0 Å². The number of para-hydroxylation sites is 1. The highest BCUT2D eigenvalue weighted by molar-refractivity contribution is 5.99. The standard InChI is InChI=1S/C44H59N5O9/c1-29(2)25-35(39(51)46-34-23-15-14-22-33(34)28-56-38(50)24-16-13-17-30(3)42(54)58-45)47-40(52)36(26-31-18-9-7-10-19-31)48-41(53)37(27-32-20-11-8-12-21-32)49-43(55)57-44(4,5)6/h7-12,14-15,18-23,29-30,35-37H,13,16-17,24-28,45H2,1-6H3,(H,46,51)(H,47,52)(H,48,53)(H,49,55). The Balaban J connectivity index is 1.76. The Morgan fingerprint density at radius 1 is 0.672 bits per heavy atom. The van der Waals surface area contributed by atoms with E-state index in [0.717, 1.165) is 11.1 Å². The van der Waals surface area contributed by atoms with Crippen LogP contribution in [0.5, 0.6) is 0 Å². The zero-order chi connectivity index (χ0) is 42.7. The molecule has 0 bridgehead atoms. The number of nitrogens with one attached hydrogen (secondary N) is 4. The first-order valence-electron chi connectivity index (χ1n) is 19.7. The molecule has 0 spiro atoms. The maximum absolute atomic E-state index is 14.2. The fourth-order valence-electron chi connectivity index (χ4n) is 5.99. The number of carbonyl (C=O) groups excluding carboxylic acids is 6. The molecule has 3 rings (SSSR count). The van der Waals surface area contributed by atoms with E-state index in [1.165, 1.54) is 0 Å². The molecule has 314 valence electrons. The number of unbranched alkanes of at least 4 members (excludes halogenated alkanes) is 1. The Kier molecular flexibility index (Phi) is 18.9. The first kappa shape index (κ1) is 46.6. The van der Waals surface area contributed by atoms with Crippen LogP contribution < -0.4 is 27.2 Å². The smallest absolute Gasteiger partial charge is 0.408 e. The van der Waals surface area contributed by atoms with Crippen molar-refractivity contribution < 1.29 is 43.1 Å². The molecule has 0 aliphatic heterocycles. The molecular weight excluding hydrogens is 743 g/mol. The number of rotatable bonds is 21. The topological polar surface area (TPSA) is 204 Å². The fraction of sp³-hybridized carbons (Fsp3) is 0.455. The first-order chi connectivity index (χ1) is 27.5. The number of amides is 4. The van der Waals surface area contributed by atoms with Gasteiger partial charge < -0.3 is 35.6 Å². The lowest BCUT2D eigenvalue weighted by Gasteiger charge is -2.27. The van der Waals surface area contributed by atoms with Crippen LogP contribution in [0.1, 0.15) is 90.3 Å². The maximum Gasteiger partial charge on any atom is 0.408 e. The monoisotopic (exact) mass is 801 g/mol. The summed E-state index contributed by atoms with van der Waals surface area (Å²) in [6.07, 6.45) is 1.51. The first-order valence-corrected chi connectivity index (χ1v) is 19.7. The number of hydrogen-bond acceptors (Lipinski definition) is 10. The summed E-state index contributed by atoms with van der Waals surface area (Å²) in [5.41, 5.74) is 1.69. The molecule has 0 aliphatic rings. The van der Waals surface area contributed by atoms with E-state index in [1.807, 2.05) is 74.5 Å². The van der Waals surface area contributed by atoms with Crippen molar-refractivity contribution in [3.05, 3.63) is 102 Å². The van der Waals surface area contributed by atoms with Crippen molar-refractivity contribution in [2.45, 2.75) is 117 Å². The summed E-state index contributed by atoms with van der Waals surface area (Å²) in [5, 5.41) is 11.3. The van der Waals surface area contributed by atoms with Crippen molar-refractivity contribution >= 4 is 41.4 Å². The van der Waals surface area contributed by atoms with Gasteiger partial charge in [-0.3, -0.25) is 24.0 Å². The van der Waals surface area contributed by atoms with Crippen LogP contribution in [0.15, 0.2) is 84.9 Å². The SMILES string of the molecule is CC(C)CC(NC(=O)C(Cc1ccccc1)NC(=O)C(Cc1ccccc1)NC(=O)OC(C)(C)C)C(=O)Nc1ccccc1COC(=O)CCCCC(C)C(=O)ON. The van der Waals surface area contributed by atoms with Crippen molar-refractivity contribution in [2.75, 3.05) is 5.32 Å². The van der Waals surface area contributed by atoms with Crippen molar-refractivity contribution in [1.82, 2.24) is 16.0 Å². The average Bonchev–Trinajstić information content (AvgIpc) is 3.17. The molecule has 3 aromatic rings. The Hall–Kier alpha value is -5.76. The van der Waals surface area contributed by atoms with Gasteiger partial charge in [-0.1, -0.05) is 106 Å². The highest BCUT2D eigenvalue weighted by Gasteiger charge is 2.31. The minimum absolute atomic E-state index is 0.00775. The van der Waals surface area contributed by atoms with Gasteiger partial charge in [0.25, 0.3) is 0 Å². The van der Waals surface area contributed by atoms with E-state index >= 15 is 0 Å². The Morgan fingerprint density at radius 3 is 1.76 bits per heavy atom. The fourth-order valence-corrected chi connectivity index (χ4v) is 5.99. The zero-order valence-corrected chi connectivity index (χ0v) is 34.4. The number of hydrogen-bond donors (Lipinski definition) is 5. The highest BCUT2D eigenvalue weighted by atomic mass is 16.7. The molecule has 0 heterocycles. The van der Waals surface area contributed by atoms with Crippen LogP contribution in [0.3, 0.4) is 0 Å². The Morgan fingerprint density at radius 2 is 1.21 bits per heavy atom. The molecule has 0 radical (unpaired) electrons. The Labute approximate surface area is 341 Å². The molecule has 6 N–H and O–H groups in total. The van der Waals surface area contributed by atoms with Crippen molar-refractivity contribution in [3.8, 4) is 0 Å². The molecule has 4 amide bonds. The largest absolute Gasteiger partial charge is 0.461 e. The van der Waals surface area contributed by atoms with Gasteiger partial charge in [0.2, 0.25) is 17.7 Å². The van der Waals surface area contributed by atoms with Crippen molar-refractivity contribution in [3.63, 3.8) is 0 Å². The summed E-state index contributed by atoms with van der Waals surface area (Å²) in [4.78, 5) is 83.2. The van der Waals surface area contributed by atoms with Gasteiger partial charge in [0.05, 0.1) is 5.92 Å². The van der Waals surface area contributed by atoms with E-state index in [2.05, 4.69) is 26.1 Å². The van der Waals surface area contributed by atoms with Crippen LogP contribution in [-0.2, 0) is 57.7 Å². The quantitative estimate of drug-likeness (QED) is 0.0507. The second-order valence-electron chi connectivity index (χ2n) is 15.7. The second kappa shape index (κ2) is 23.5. The Bertz CT molecular complexity index is 1800. The van der Waals surface area contributed by atoms with E-state index in [4.69, 9.17) is 15.4 Å². The lowest BCUT2D eigenvalue weighted by Crippen LogP contribution is -2.57. The lowest BCUT2D eigenvalue weighted by atomic mass is 10.00. The lowest BCUT2D eigenvalue weighted by molar-refractivity contribution is -0.148. The highest BCUT2D eigenvalue weighted by Crippen LogP contribution is 2.19. The molecule has 3 aromatic carbocycles. The van der Waals surface area contributed by atoms with Gasteiger partial charge in [0.1, 0.15) is 30.3 Å². The third kappa shape index (κ3) is 17.2. The molecular formula is C44H59N5O9. The molecule has 14 nitrogen and oxygen atoms in total. The minimum atomic E-state index is -1.12. The van der Waals surface area contributed by atoms with Gasteiger partial charge >= 0.3 is 18.0 Å². The maximum atomic E-state index is 14.2. The molecule has 0 aromatic heterocycles. The van der Waals surface area contributed by atoms with E-state index in [-0.39, 0.29) is 44.1 Å². The number of esters is 1. The minimum Gasteiger partial charge on any atom is -0.461 e. The molecule has 0 saturated heterocycles. The zero-order valence-electron chi connectivity index (χ0n) is 34.4. The average molecular weight is 802 g/mol. The van der Waals surface area contributed by atoms with Crippen molar-refractivity contribution in [2.24, 2.45) is 17.7 Å². The summed E-state index contributed by atoms with van der Waals surface area (Å²) in [6, 6.07) is 22.0. The third-order valence-electron chi connectivity index (χ3n) is 9.00. The van der Waals surface area contributed by atoms with Gasteiger partial charge in [-0.25, -0.2) is 4.79 Å². The van der Waals surface area contributed by atoms with Crippen LogP contribution in [-0.4, -0.2) is 59.5 Å². The summed E-state index contributed by atoms with van der Waals surface area (Å²) in [5.74, 6) is 1.92. The van der Waals surface area contributed by atoms with Crippen LogP contribution >= 0.6 is 0 Å². The molecule has 0 aliphatic carbocycles. The number of benzene rings is 3. The number of carbonyl (C=O) groups is 6. The van der Waals surface area contributed by atoms with E-state index < -0.39 is 59.5 Å². The van der Waals surface area contributed by atoms with Gasteiger partial charge in [-0.2, -0.15) is 5.90 Å². The van der Waals surface area contributed by atoms with Crippen LogP contribution in [0.2, 0.25) is 0 Å². The molecule has 4 atom stereocenters. The molecule has 4 unspecified atom stereocenters. The van der Waals surface area contributed by atoms with Crippen LogP contribution in [0, 0.1) is 11.8 Å². The number of ether oxygens (including phenoxy) is 2. The number of nitrogens with two attached hydrogens (primary N) is 1. The van der Waals surface area contributed by atoms with Crippen molar-refractivity contribution in [1.29, 1.82) is 0 Å². The summed E-state index contributed by atoms with van der Waals surface area (Å²) < 4.78 is 10.9. The van der Waals surface area contributed by atoms with E-state index in [0.29, 0.717) is 30.5 Å². The van der Waals surface area contributed by atoms with Gasteiger partial charge in [-0.15, -0.1) is 0 Å². The normalized spacial score (nSPS) is 13.2. The molecule has 0 fully saturated rings. The molecule has 14 heteroatoms. The molecule has 0 saturated carbocycles. The number of anilines is 1. The summed E-state index contributed by atoms with van der Waals surface area (Å²) >= 11 is 0. The summed E-state index contributed by atoms with van der Waals surface area (Å²) in [7, 11) is 0. The predicted octanol–water partition coefficient (Wildman–Crippen LogP) is 5.68. The second-order valence-corrected chi connectivity index (χ2v) is 15.7. The van der Waals surface area contributed by atoms with Crippen LogP contribution in [0.4, 0.5) is 10.5 Å². The summed E-state index contributed by atoms with van der Waals surface area (Å²) in [6.45, 7) is 10.6.